The van der Waals surface area contributed by atoms with Gasteiger partial charge in [-0.25, -0.2) is 9.37 Å². The van der Waals surface area contributed by atoms with Crippen LogP contribution in [0, 0.1) is 12.7 Å². The van der Waals surface area contributed by atoms with Crippen LogP contribution in [-0.4, -0.2) is 15.5 Å². The summed E-state index contributed by atoms with van der Waals surface area (Å²) in [6.45, 7) is 1.49. The third kappa shape index (κ3) is 3.69. The van der Waals surface area contributed by atoms with Gasteiger partial charge in [0.15, 0.2) is 0 Å². The van der Waals surface area contributed by atoms with Gasteiger partial charge in [0.2, 0.25) is 0 Å². The van der Waals surface area contributed by atoms with E-state index in [0.29, 0.717) is 16.5 Å². The second-order valence-electron chi connectivity index (χ2n) is 5.55. The standard InChI is InChI=1S/C18H14ClFN2O3/c1-11-3-2-4-14-17(11)21-10-22(18(14)24)8-16(23)25-9-12-5-6-13(20)7-15(12)19/h2-7,10H,8-9H2,1H3. The summed E-state index contributed by atoms with van der Waals surface area (Å²) in [6.07, 6.45) is 1.32. The van der Waals surface area contributed by atoms with Crippen LogP contribution in [0.5, 0.6) is 0 Å². The van der Waals surface area contributed by atoms with Crippen molar-refractivity contribution < 1.29 is 13.9 Å². The molecule has 0 fully saturated rings. The van der Waals surface area contributed by atoms with Crippen molar-refractivity contribution in [3.63, 3.8) is 0 Å². The summed E-state index contributed by atoms with van der Waals surface area (Å²) in [7, 11) is 0. The van der Waals surface area contributed by atoms with Crippen molar-refractivity contribution in [2.75, 3.05) is 0 Å². The highest BCUT2D eigenvalue weighted by Gasteiger charge is 2.11. The minimum atomic E-state index is -0.615. The summed E-state index contributed by atoms with van der Waals surface area (Å²) >= 11 is 5.88. The van der Waals surface area contributed by atoms with Gasteiger partial charge in [-0.05, 0) is 30.7 Å². The van der Waals surface area contributed by atoms with Gasteiger partial charge in [0, 0.05) is 5.56 Å². The number of hydrogen-bond acceptors (Lipinski definition) is 4. The first-order valence-electron chi connectivity index (χ1n) is 7.50. The molecule has 3 rings (SSSR count). The predicted octanol–water partition coefficient (Wildman–Crippen LogP) is 3.24. The maximum absolute atomic E-state index is 13.0. The number of ether oxygens (including phenoxy) is 1. The maximum atomic E-state index is 13.0. The zero-order chi connectivity index (χ0) is 18.0. The minimum absolute atomic E-state index is 0.104. The fraction of sp³-hybridized carbons (Fsp3) is 0.167. The van der Waals surface area contributed by atoms with Crippen LogP contribution >= 0.6 is 11.6 Å². The summed E-state index contributed by atoms with van der Waals surface area (Å²) < 4.78 is 19.3. The monoisotopic (exact) mass is 360 g/mol. The Morgan fingerprint density at radius 3 is 2.88 bits per heavy atom. The molecule has 0 saturated carbocycles. The van der Waals surface area contributed by atoms with E-state index in [1.807, 2.05) is 13.0 Å². The summed E-state index contributed by atoms with van der Waals surface area (Å²) in [5.74, 6) is -1.08. The van der Waals surface area contributed by atoms with Crippen molar-refractivity contribution in [2.24, 2.45) is 0 Å². The average Bonchev–Trinajstić information content (AvgIpc) is 2.57. The molecule has 2 aromatic carbocycles. The third-order valence-corrected chi connectivity index (χ3v) is 4.11. The maximum Gasteiger partial charge on any atom is 0.326 e. The molecule has 7 heteroatoms. The number of rotatable bonds is 4. The Balaban J connectivity index is 1.74. The zero-order valence-electron chi connectivity index (χ0n) is 13.3. The molecule has 0 N–H and O–H groups in total. The van der Waals surface area contributed by atoms with E-state index in [1.54, 1.807) is 12.1 Å². The molecule has 25 heavy (non-hydrogen) atoms. The number of hydrogen-bond donors (Lipinski definition) is 0. The second-order valence-corrected chi connectivity index (χ2v) is 5.95. The van der Waals surface area contributed by atoms with Crippen LogP contribution in [-0.2, 0) is 22.7 Å². The molecule has 1 aromatic heterocycles. The second kappa shape index (κ2) is 7.03. The molecule has 0 radical (unpaired) electrons. The average molecular weight is 361 g/mol. The highest BCUT2D eigenvalue weighted by Crippen LogP contribution is 2.18. The van der Waals surface area contributed by atoms with Gasteiger partial charge in [0.05, 0.1) is 22.3 Å². The van der Waals surface area contributed by atoms with Gasteiger partial charge in [0.25, 0.3) is 5.56 Å². The van der Waals surface area contributed by atoms with Crippen LogP contribution in [0.15, 0.2) is 47.5 Å². The highest BCUT2D eigenvalue weighted by molar-refractivity contribution is 6.31. The number of benzene rings is 2. The highest BCUT2D eigenvalue weighted by atomic mass is 35.5. The summed E-state index contributed by atoms with van der Waals surface area (Å²) in [6, 6.07) is 9.11. The predicted molar refractivity (Wildman–Crippen MR) is 91.9 cm³/mol. The van der Waals surface area contributed by atoms with Crippen molar-refractivity contribution in [3.05, 3.63) is 75.0 Å². The van der Waals surface area contributed by atoms with E-state index < -0.39 is 11.8 Å². The molecule has 0 unspecified atom stereocenters. The van der Waals surface area contributed by atoms with Gasteiger partial charge < -0.3 is 4.74 Å². The summed E-state index contributed by atoms with van der Waals surface area (Å²) in [5, 5.41) is 0.615. The summed E-state index contributed by atoms with van der Waals surface area (Å²) in [5.41, 5.74) is 1.66. The first-order chi connectivity index (χ1) is 12.0. The van der Waals surface area contributed by atoms with Crippen molar-refractivity contribution >= 4 is 28.5 Å². The van der Waals surface area contributed by atoms with E-state index in [9.17, 15) is 14.0 Å². The van der Waals surface area contributed by atoms with E-state index >= 15 is 0 Å². The Hall–Kier alpha value is -2.73. The molecule has 0 aliphatic heterocycles. The molecule has 0 bridgehead atoms. The largest absolute Gasteiger partial charge is 0.459 e. The first-order valence-corrected chi connectivity index (χ1v) is 7.88. The fourth-order valence-corrected chi connectivity index (χ4v) is 2.65. The van der Waals surface area contributed by atoms with Crippen molar-refractivity contribution in [1.29, 1.82) is 0 Å². The molecular weight excluding hydrogens is 347 g/mol. The van der Waals surface area contributed by atoms with Crippen LogP contribution in [0.2, 0.25) is 5.02 Å². The van der Waals surface area contributed by atoms with Crippen molar-refractivity contribution in [3.8, 4) is 0 Å². The van der Waals surface area contributed by atoms with E-state index in [2.05, 4.69) is 4.98 Å². The first kappa shape index (κ1) is 17.1. The molecule has 0 amide bonds. The number of nitrogens with zero attached hydrogens (tertiary/aromatic N) is 2. The zero-order valence-corrected chi connectivity index (χ0v) is 14.1. The number of fused-ring (bicyclic) bond motifs is 1. The van der Waals surface area contributed by atoms with Gasteiger partial charge in [-0.2, -0.15) is 0 Å². The van der Waals surface area contributed by atoms with Gasteiger partial charge in [-0.3, -0.25) is 14.2 Å². The smallest absolute Gasteiger partial charge is 0.326 e. The summed E-state index contributed by atoms with van der Waals surface area (Å²) in [4.78, 5) is 28.7. The molecule has 0 atom stereocenters. The molecule has 0 aliphatic rings. The van der Waals surface area contributed by atoms with E-state index in [4.69, 9.17) is 16.3 Å². The Morgan fingerprint density at radius 1 is 1.32 bits per heavy atom. The quantitative estimate of drug-likeness (QED) is 0.670. The normalized spacial score (nSPS) is 10.8. The molecule has 1 heterocycles. The van der Waals surface area contributed by atoms with Crippen molar-refractivity contribution in [2.45, 2.75) is 20.1 Å². The van der Waals surface area contributed by atoms with E-state index in [1.165, 1.54) is 23.0 Å². The van der Waals surface area contributed by atoms with Crippen LogP contribution in [0.1, 0.15) is 11.1 Å². The number of halogens is 2. The third-order valence-electron chi connectivity index (χ3n) is 3.76. The van der Waals surface area contributed by atoms with E-state index in [-0.39, 0.29) is 23.7 Å². The molecule has 0 spiro atoms. The van der Waals surface area contributed by atoms with E-state index in [0.717, 1.165) is 11.6 Å². The molecular formula is C18H14ClFN2O3. The molecule has 0 aliphatic carbocycles. The molecule has 3 aromatic rings. The number of esters is 1. The van der Waals surface area contributed by atoms with Crippen LogP contribution < -0.4 is 5.56 Å². The number of carbonyl (C=O) groups is 1. The fourth-order valence-electron chi connectivity index (χ4n) is 2.43. The Kier molecular flexibility index (Phi) is 4.81. The lowest BCUT2D eigenvalue weighted by Crippen LogP contribution is -2.25. The van der Waals surface area contributed by atoms with Gasteiger partial charge in [0.1, 0.15) is 19.0 Å². The van der Waals surface area contributed by atoms with Gasteiger partial charge in [-0.1, -0.05) is 29.8 Å². The lowest BCUT2D eigenvalue weighted by Gasteiger charge is -2.09. The lowest BCUT2D eigenvalue weighted by molar-refractivity contribution is -0.145. The van der Waals surface area contributed by atoms with Crippen LogP contribution in [0.25, 0.3) is 10.9 Å². The Bertz CT molecular complexity index is 1020. The number of carbonyl (C=O) groups excluding carboxylic acids is 1. The Morgan fingerprint density at radius 2 is 2.12 bits per heavy atom. The molecule has 0 saturated heterocycles. The number of aromatic nitrogens is 2. The van der Waals surface area contributed by atoms with Crippen molar-refractivity contribution in [1.82, 2.24) is 9.55 Å². The van der Waals surface area contributed by atoms with Crippen LogP contribution in [0.3, 0.4) is 0 Å². The number of aryl methyl sites for hydroxylation is 1. The lowest BCUT2D eigenvalue weighted by atomic mass is 10.1. The SMILES string of the molecule is Cc1cccc2c(=O)n(CC(=O)OCc3ccc(F)cc3Cl)cnc12. The molecule has 128 valence electrons. The van der Waals surface area contributed by atoms with Gasteiger partial charge in [-0.15, -0.1) is 0 Å². The minimum Gasteiger partial charge on any atom is -0.459 e. The van der Waals surface area contributed by atoms with Crippen LogP contribution in [0.4, 0.5) is 4.39 Å². The Labute approximate surface area is 147 Å². The molecule has 5 nitrogen and oxygen atoms in total. The van der Waals surface area contributed by atoms with Gasteiger partial charge >= 0.3 is 5.97 Å². The number of para-hydroxylation sites is 1. The topological polar surface area (TPSA) is 61.2 Å².